The summed E-state index contributed by atoms with van der Waals surface area (Å²) < 4.78 is 0. The number of carbonyl (C=O) groups is 1. The minimum atomic E-state index is -0.282. The fraction of sp³-hybridized carbons (Fsp3) is 0.455. The zero-order valence-corrected chi connectivity index (χ0v) is 8.60. The fourth-order valence-corrected chi connectivity index (χ4v) is 2.10. The highest BCUT2D eigenvalue weighted by atomic mass is 16.1. The molecule has 1 unspecified atom stereocenters. The minimum absolute atomic E-state index is 0.275. The number of nitrogens with zero attached hydrogens (tertiary/aromatic N) is 2. The van der Waals surface area contributed by atoms with Crippen LogP contribution in [0.4, 0.5) is 0 Å². The van der Waals surface area contributed by atoms with E-state index in [-0.39, 0.29) is 11.9 Å². The van der Waals surface area contributed by atoms with E-state index >= 15 is 0 Å². The number of rotatable bonds is 3. The number of nitrogens with two attached hydrogens (primary N) is 1. The molecule has 0 bridgehead atoms. The van der Waals surface area contributed by atoms with E-state index in [0.717, 1.165) is 31.5 Å². The van der Waals surface area contributed by atoms with Crippen LogP contribution in [0, 0.1) is 0 Å². The predicted molar refractivity (Wildman–Crippen MR) is 57.0 cm³/mol. The van der Waals surface area contributed by atoms with E-state index < -0.39 is 0 Å². The number of hydrogen-bond donors (Lipinski definition) is 1. The topological polar surface area (TPSA) is 59.2 Å². The van der Waals surface area contributed by atoms with E-state index in [1.807, 2.05) is 12.1 Å². The average Bonchev–Trinajstić information content (AvgIpc) is 2.72. The average molecular weight is 205 g/mol. The lowest BCUT2D eigenvalue weighted by atomic mass is 10.1. The lowest BCUT2D eigenvalue weighted by Crippen LogP contribution is -2.35. The van der Waals surface area contributed by atoms with Crippen LogP contribution in [0.5, 0.6) is 0 Å². The van der Waals surface area contributed by atoms with E-state index in [1.54, 1.807) is 12.4 Å². The van der Waals surface area contributed by atoms with Gasteiger partial charge in [-0.05, 0) is 43.6 Å². The Morgan fingerprint density at radius 3 is 2.47 bits per heavy atom. The highest BCUT2D eigenvalue weighted by molar-refractivity contribution is 5.81. The number of aromatic nitrogens is 1. The van der Waals surface area contributed by atoms with Gasteiger partial charge in [0.25, 0.3) is 0 Å². The number of likely N-dealkylation sites (tertiary alicyclic amines) is 1. The fourth-order valence-electron chi connectivity index (χ4n) is 2.10. The van der Waals surface area contributed by atoms with Crippen LogP contribution in [-0.2, 0) is 4.79 Å². The first kappa shape index (κ1) is 10.1. The van der Waals surface area contributed by atoms with Crippen LogP contribution in [0.1, 0.15) is 24.4 Å². The first-order valence-corrected chi connectivity index (χ1v) is 5.22. The first-order chi connectivity index (χ1) is 7.29. The third-order valence-electron chi connectivity index (χ3n) is 2.80. The van der Waals surface area contributed by atoms with Crippen molar-refractivity contribution in [1.82, 2.24) is 9.88 Å². The van der Waals surface area contributed by atoms with Crippen molar-refractivity contribution in [2.75, 3.05) is 13.1 Å². The molecule has 80 valence electrons. The normalized spacial score (nSPS) is 18.9. The molecule has 1 fully saturated rings. The molecule has 1 aromatic rings. The number of carbonyl (C=O) groups excluding carboxylic acids is 1. The van der Waals surface area contributed by atoms with Gasteiger partial charge >= 0.3 is 0 Å². The Kier molecular flexibility index (Phi) is 2.97. The van der Waals surface area contributed by atoms with Crippen molar-refractivity contribution < 1.29 is 4.79 Å². The standard InChI is InChI=1S/C11H15N3O/c12-11(15)10(14-7-1-2-8-14)9-3-5-13-6-4-9/h3-6,10H,1-2,7-8H2,(H2,12,15). The van der Waals surface area contributed by atoms with Crippen LogP contribution < -0.4 is 5.73 Å². The van der Waals surface area contributed by atoms with Gasteiger partial charge in [-0.1, -0.05) is 0 Å². The summed E-state index contributed by atoms with van der Waals surface area (Å²) in [4.78, 5) is 17.5. The summed E-state index contributed by atoms with van der Waals surface area (Å²) in [5.74, 6) is -0.275. The molecule has 1 atom stereocenters. The van der Waals surface area contributed by atoms with Gasteiger partial charge in [0.1, 0.15) is 6.04 Å². The largest absolute Gasteiger partial charge is 0.368 e. The molecule has 2 N–H and O–H groups in total. The number of primary amides is 1. The van der Waals surface area contributed by atoms with E-state index in [4.69, 9.17) is 5.73 Å². The van der Waals surface area contributed by atoms with Crippen molar-refractivity contribution in [2.45, 2.75) is 18.9 Å². The molecule has 0 aliphatic carbocycles. The van der Waals surface area contributed by atoms with Gasteiger partial charge in [0.2, 0.25) is 5.91 Å². The molecule has 2 rings (SSSR count). The Balaban J connectivity index is 2.23. The van der Waals surface area contributed by atoms with E-state index in [9.17, 15) is 4.79 Å². The number of hydrogen-bond acceptors (Lipinski definition) is 3. The Labute approximate surface area is 89.1 Å². The predicted octanol–water partition coefficient (Wildman–Crippen LogP) is 0.704. The smallest absolute Gasteiger partial charge is 0.239 e. The molecule has 15 heavy (non-hydrogen) atoms. The quantitative estimate of drug-likeness (QED) is 0.790. The highest BCUT2D eigenvalue weighted by Gasteiger charge is 2.27. The van der Waals surface area contributed by atoms with E-state index in [0.29, 0.717) is 0 Å². The van der Waals surface area contributed by atoms with E-state index in [1.165, 1.54) is 0 Å². The molecule has 0 radical (unpaired) electrons. The second kappa shape index (κ2) is 4.40. The van der Waals surface area contributed by atoms with Crippen LogP contribution in [0.25, 0.3) is 0 Å². The zero-order valence-electron chi connectivity index (χ0n) is 8.60. The molecule has 4 nitrogen and oxygen atoms in total. The van der Waals surface area contributed by atoms with Crippen LogP contribution in [-0.4, -0.2) is 28.9 Å². The van der Waals surface area contributed by atoms with Crippen molar-refractivity contribution in [3.8, 4) is 0 Å². The maximum atomic E-state index is 11.4. The molecular formula is C11H15N3O. The van der Waals surface area contributed by atoms with Gasteiger partial charge in [-0.3, -0.25) is 14.7 Å². The van der Waals surface area contributed by atoms with Gasteiger partial charge in [0.05, 0.1) is 0 Å². The molecule has 0 aromatic carbocycles. The maximum absolute atomic E-state index is 11.4. The molecule has 1 aliphatic heterocycles. The van der Waals surface area contributed by atoms with Gasteiger partial charge in [0, 0.05) is 12.4 Å². The molecule has 1 amide bonds. The third-order valence-corrected chi connectivity index (χ3v) is 2.80. The number of pyridine rings is 1. The van der Waals surface area contributed by atoms with Crippen LogP contribution >= 0.6 is 0 Å². The van der Waals surface area contributed by atoms with E-state index in [2.05, 4.69) is 9.88 Å². The summed E-state index contributed by atoms with van der Waals surface area (Å²) in [6, 6.07) is 3.43. The number of amides is 1. The Hall–Kier alpha value is -1.42. The van der Waals surface area contributed by atoms with Crippen LogP contribution in [0.2, 0.25) is 0 Å². The summed E-state index contributed by atoms with van der Waals surface area (Å²) in [7, 11) is 0. The van der Waals surface area contributed by atoms with Crippen molar-refractivity contribution in [2.24, 2.45) is 5.73 Å². The lowest BCUT2D eigenvalue weighted by molar-refractivity contribution is -0.123. The van der Waals surface area contributed by atoms with Crippen LogP contribution in [0.3, 0.4) is 0 Å². The van der Waals surface area contributed by atoms with Crippen molar-refractivity contribution in [3.63, 3.8) is 0 Å². The highest BCUT2D eigenvalue weighted by Crippen LogP contribution is 2.23. The lowest BCUT2D eigenvalue weighted by Gasteiger charge is -2.24. The second-order valence-electron chi connectivity index (χ2n) is 3.83. The van der Waals surface area contributed by atoms with Crippen molar-refractivity contribution in [1.29, 1.82) is 0 Å². The second-order valence-corrected chi connectivity index (χ2v) is 3.83. The zero-order chi connectivity index (χ0) is 10.7. The molecule has 1 aromatic heterocycles. The third kappa shape index (κ3) is 2.15. The molecule has 1 aliphatic rings. The summed E-state index contributed by atoms with van der Waals surface area (Å²) in [6.45, 7) is 1.91. The molecule has 2 heterocycles. The van der Waals surface area contributed by atoms with Gasteiger partial charge in [-0.2, -0.15) is 0 Å². The Morgan fingerprint density at radius 2 is 1.93 bits per heavy atom. The van der Waals surface area contributed by atoms with Crippen molar-refractivity contribution in [3.05, 3.63) is 30.1 Å². The molecule has 4 heteroatoms. The van der Waals surface area contributed by atoms with Gasteiger partial charge in [-0.15, -0.1) is 0 Å². The molecule has 1 saturated heterocycles. The maximum Gasteiger partial charge on any atom is 0.239 e. The summed E-state index contributed by atoms with van der Waals surface area (Å²) in [6.07, 6.45) is 5.69. The summed E-state index contributed by atoms with van der Waals surface area (Å²) in [5, 5.41) is 0. The Morgan fingerprint density at radius 1 is 1.33 bits per heavy atom. The monoisotopic (exact) mass is 205 g/mol. The SMILES string of the molecule is NC(=O)C(c1ccncc1)N1CCCC1. The van der Waals surface area contributed by atoms with Crippen molar-refractivity contribution >= 4 is 5.91 Å². The van der Waals surface area contributed by atoms with Gasteiger partial charge in [0.15, 0.2) is 0 Å². The molecule has 0 spiro atoms. The Bertz CT molecular complexity index is 333. The van der Waals surface area contributed by atoms with Crippen LogP contribution in [0.15, 0.2) is 24.5 Å². The van der Waals surface area contributed by atoms with Gasteiger partial charge in [-0.25, -0.2) is 0 Å². The molecule has 0 saturated carbocycles. The summed E-state index contributed by atoms with van der Waals surface area (Å²) >= 11 is 0. The summed E-state index contributed by atoms with van der Waals surface area (Å²) in [5.41, 5.74) is 6.39. The van der Waals surface area contributed by atoms with Gasteiger partial charge < -0.3 is 5.73 Å². The minimum Gasteiger partial charge on any atom is -0.368 e. The molecular weight excluding hydrogens is 190 g/mol. The first-order valence-electron chi connectivity index (χ1n) is 5.22.